The lowest BCUT2D eigenvalue weighted by atomic mass is 10.0. The fourth-order valence-corrected chi connectivity index (χ4v) is 1.96. The van der Waals surface area contributed by atoms with Gasteiger partial charge in [0.15, 0.2) is 0 Å². The maximum absolute atomic E-state index is 13.3. The highest BCUT2D eigenvalue weighted by Crippen LogP contribution is 2.23. The average molecular weight is 263 g/mol. The number of aliphatic carboxylic acids is 1. The summed E-state index contributed by atoms with van der Waals surface area (Å²) in [7, 11) is 0. The molecule has 0 amide bonds. The van der Waals surface area contributed by atoms with Crippen LogP contribution in [-0.2, 0) is 4.79 Å². The summed E-state index contributed by atoms with van der Waals surface area (Å²) in [5.74, 6) is -1.32. The molecule has 19 heavy (non-hydrogen) atoms. The summed E-state index contributed by atoms with van der Waals surface area (Å²) in [6.45, 7) is 9.69. The molecule has 1 atom stereocenters. The molecule has 1 N–H and O–H groups in total. The second kappa shape index (κ2) is 6.85. The van der Waals surface area contributed by atoms with E-state index in [0.717, 1.165) is 0 Å². The van der Waals surface area contributed by atoms with Gasteiger partial charge in [-0.05, 0) is 24.1 Å². The topological polar surface area (TPSA) is 40.5 Å². The molecule has 0 saturated heterocycles. The van der Waals surface area contributed by atoms with Crippen LogP contribution in [0.4, 0.5) is 4.39 Å². The highest BCUT2D eigenvalue weighted by Gasteiger charge is 2.26. The Balaban J connectivity index is 3.16. The monoisotopic (exact) mass is 263 g/mol. The lowest BCUT2D eigenvalue weighted by molar-refractivity contribution is -0.143. The molecule has 0 aliphatic heterocycles. The third-order valence-electron chi connectivity index (χ3n) is 2.82. The van der Waals surface area contributed by atoms with Gasteiger partial charge < -0.3 is 5.11 Å². The predicted octanol–water partition coefficient (Wildman–Crippen LogP) is 2.93. The summed E-state index contributed by atoms with van der Waals surface area (Å²) in [4.78, 5) is 13.2. The van der Waals surface area contributed by atoms with Gasteiger partial charge >= 0.3 is 5.97 Å². The molecule has 0 fully saturated rings. The number of halogens is 1. The van der Waals surface area contributed by atoms with Crippen molar-refractivity contribution in [2.75, 3.05) is 13.1 Å². The van der Waals surface area contributed by atoms with Gasteiger partial charge in [-0.3, -0.25) is 9.69 Å². The van der Waals surface area contributed by atoms with Crippen LogP contribution in [0, 0.1) is 12.7 Å². The van der Waals surface area contributed by atoms with E-state index in [2.05, 4.69) is 13.2 Å². The molecule has 1 aromatic carbocycles. The standard InChI is InChI=1S/C15H18FNO2/c1-4-8-17(9-5-2)14(15(18)19)12-6-7-13(16)11(3)10-12/h4-7,10,14H,1-2,8-9H2,3H3,(H,18,19). The van der Waals surface area contributed by atoms with Crippen LogP contribution in [0.1, 0.15) is 17.2 Å². The fraction of sp³-hybridized carbons (Fsp3) is 0.267. The molecule has 1 unspecified atom stereocenters. The van der Waals surface area contributed by atoms with E-state index in [1.54, 1.807) is 30.0 Å². The van der Waals surface area contributed by atoms with Gasteiger partial charge in [-0.15, -0.1) is 13.2 Å². The highest BCUT2D eigenvalue weighted by atomic mass is 19.1. The molecular formula is C15H18FNO2. The zero-order chi connectivity index (χ0) is 14.4. The van der Waals surface area contributed by atoms with E-state index in [9.17, 15) is 14.3 Å². The van der Waals surface area contributed by atoms with E-state index in [-0.39, 0.29) is 5.82 Å². The minimum absolute atomic E-state index is 0.341. The van der Waals surface area contributed by atoms with Crippen LogP contribution in [0.15, 0.2) is 43.5 Å². The SMILES string of the molecule is C=CCN(CC=C)C(C(=O)O)c1ccc(F)c(C)c1. The van der Waals surface area contributed by atoms with Crippen LogP contribution in [0.2, 0.25) is 0 Å². The highest BCUT2D eigenvalue weighted by molar-refractivity contribution is 5.75. The largest absolute Gasteiger partial charge is 0.480 e. The van der Waals surface area contributed by atoms with Crippen molar-refractivity contribution in [3.63, 3.8) is 0 Å². The molecule has 0 saturated carbocycles. The second-order valence-corrected chi connectivity index (χ2v) is 4.28. The van der Waals surface area contributed by atoms with Gasteiger partial charge in [-0.25, -0.2) is 4.39 Å². The first-order valence-corrected chi connectivity index (χ1v) is 5.96. The van der Waals surface area contributed by atoms with E-state index >= 15 is 0 Å². The summed E-state index contributed by atoms with van der Waals surface area (Å²) in [5, 5.41) is 9.41. The number of rotatable bonds is 7. The minimum Gasteiger partial charge on any atom is -0.480 e. The van der Waals surface area contributed by atoms with Gasteiger partial charge in [-0.2, -0.15) is 0 Å². The molecular weight excluding hydrogens is 245 g/mol. The van der Waals surface area contributed by atoms with Crippen LogP contribution < -0.4 is 0 Å². The first-order valence-electron chi connectivity index (χ1n) is 5.96. The van der Waals surface area contributed by atoms with Gasteiger partial charge in [0.2, 0.25) is 0 Å². The number of carbonyl (C=O) groups is 1. The first-order chi connectivity index (χ1) is 9.01. The van der Waals surface area contributed by atoms with Crippen molar-refractivity contribution < 1.29 is 14.3 Å². The van der Waals surface area contributed by atoms with Crippen molar-refractivity contribution in [3.8, 4) is 0 Å². The third-order valence-corrected chi connectivity index (χ3v) is 2.82. The average Bonchev–Trinajstić information content (AvgIpc) is 2.34. The summed E-state index contributed by atoms with van der Waals surface area (Å²) in [6.07, 6.45) is 3.27. The molecule has 0 radical (unpaired) electrons. The summed E-state index contributed by atoms with van der Waals surface area (Å²) in [5.41, 5.74) is 0.982. The Labute approximate surface area is 112 Å². The maximum atomic E-state index is 13.3. The van der Waals surface area contributed by atoms with Crippen LogP contribution in [0.25, 0.3) is 0 Å². The summed E-state index contributed by atoms with van der Waals surface area (Å²) < 4.78 is 13.3. The number of carboxylic acid groups (broad SMARTS) is 1. The molecule has 1 rings (SSSR count). The summed E-state index contributed by atoms with van der Waals surface area (Å²) in [6, 6.07) is 3.52. The minimum atomic E-state index is -0.977. The molecule has 0 bridgehead atoms. The van der Waals surface area contributed by atoms with Crippen molar-refractivity contribution in [2.45, 2.75) is 13.0 Å². The Morgan fingerprint density at radius 2 is 2.00 bits per heavy atom. The molecule has 1 aromatic rings. The van der Waals surface area contributed by atoms with E-state index in [1.165, 1.54) is 12.1 Å². The van der Waals surface area contributed by atoms with Crippen molar-refractivity contribution >= 4 is 5.97 Å². The quantitative estimate of drug-likeness (QED) is 0.769. The van der Waals surface area contributed by atoms with Crippen LogP contribution in [0.3, 0.4) is 0 Å². The lowest BCUT2D eigenvalue weighted by Crippen LogP contribution is -2.34. The molecule has 0 spiro atoms. The van der Waals surface area contributed by atoms with Crippen LogP contribution in [0.5, 0.6) is 0 Å². The predicted molar refractivity (Wildman–Crippen MR) is 73.5 cm³/mol. The normalized spacial score (nSPS) is 12.2. The Kier molecular flexibility index (Phi) is 5.45. The van der Waals surface area contributed by atoms with Crippen molar-refractivity contribution in [2.24, 2.45) is 0 Å². The maximum Gasteiger partial charge on any atom is 0.325 e. The smallest absolute Gasteiger partial charge is 0.325 e. The first kappa shape index (κ1) is 15.1. The number of nitrogens with zero attached hydrogens (tertiary/aromatic N) is 1. The summed E-state index contributed by atoms with van der Waals surface area (Å²) >= 11 is 0. The van der Waals surface area contributed by atoms with Crippen molar-refractivity contribution in [1.82, 2.24) is 4.90 Å². The van der Waals surface area contributed by atoms with E-state index in [1.807, 2.05) is 0 Å². The molecule has 4 heteroatoms. The Hall–Kier alpha value is -1.94. The molecule has 0 aromatic heterocycles. The lowest BCUT2D eigenvalue weighted by Gasteiger charge is -2.27. The van der Waals surface area contributed by atoms with Crippen molar-refractivity contribution in [3.05, 3.63) is 60.5 Å². The molecule has 3 nitrogen and oxygen atoms in total. The number of hydrogen-bond acceptors (Lipinski definition) is 2. The fourth-order valence-electron chi connectivity index (χ4n) is 1.96. The molecule has 0 heterocycles. The van der Waals surface area contributed by atoms with Crippen LogP contribution >= 0.6 is 0 Å². The Morgan fingerprint density at radius 3 is 2.42 bits per heavy atom. The van der Waals surface area contributed by atoms with E-state index in [0.29, 0.717) is 24.2 Å². The zero-order valence-electron chi connectivity index (χ0n) is 11.0. The van der Waals surface area contributed by atoms with Gasteiger partial charge in [0.25, 0.3) is 0 Å². The Morgan fingerprint density at radius 1 is 1.42 bits per heavy atom. The number of carboxylic acids is 1. The molecule has 0 aliphatic rings. The van der Waals surface area contributed by atoms with Gasteiger partial charge in [0.05, 0.1) is 0 Å². The third kappa shape index (κ3) is 3.76. The second-order valence-electron chi connectivity index (χ2n) is 4.28. The van der Waals surface area contributed by atoms with Gasteiger partial charge in [0, 0.05) is 13.1 Å². The number of benzene rings is 1. The van der Waals surface area contributed by atoms with Crippen LogP contribution in [-0.4, -0.2) is 29.1 Å². The molecule has 0 aliphatic carbocycles. The van der Waals surface area contributed by atoms with E-state index < -0.39 is 12.0 Å². The zero-order valence-corrected chi connectivity index (χ0v) is 11.0. The van der Waals surface area contributed by atoms with Crippen molar-refractivity contribution in [1.29, 1.82) is 0 Å². The van der Waals surface area contributed by atoms with Gasteiger partial charge in [0.1, 0.15) is 11.9 Å². The molecule has 102 valence electrons. The van der Waals surface area contributed by atoms with Gasteiger partial charge in [-0.1, -0.05) is 24.3 Å². The number of aryl methyl sites for hydroxylation is 1. The Bertz CT molecular complexity index is 475. The number of hydrogen-bond donors (Lipinski definition) is 1. The van der Waals surface area contributed by atoms with E-state index in [4.69, 9.17) is 0 Å².